The van der Waals surface area contributed by atoms with Crippen LogP contribution in [0.1, 0.15) is 46.5 Å². The summed E-state index contributed by atoms with van der Waals surface area (Å²) in [6.45, 7) is 6.08. The number of amides is 1. The Morgan fingerprint density at radius 1 is 1.18 bits per heavy atom. The van der Waals surface area contributed by atoms with Gasteiger partial charge in [0, 0.05) is 43.0 Å². The van der Waals surface area contributed by atoms with E-state index in [1.165, 1.54) is 0 Å². The highest BCUT2D eigenvalue weighted by Crippen LogP contribution is 2.31. The number of furan rings is 1. The average molecular weight is 402 g/mol. The first-order valence-electron chi connectivity index (χ1n) is 9.62. The van der Waals surface area contributed by atoms with Gasteiger partial charge in [-0.1, -0.05) is 18.2 Å². The Balaban J connectivity index is 0.00000192. The van der Waals surface area contributed by atoms with Gasteiger partial charge in [-0.3, -0.25) is 4.79 Å². The fraction of sp³-hybridized carbons (Fsp3) is 0.450. The van der Waals surface area contributed by atoms with Crippen LogP contribution in [0.5, 0.6) is 0 Å². The van der Waals surface area contributed by atoms with Crippen LogP contribution >= 0.6 is 12.4 Å². The second kappa shape index (κ2) is 7.56. The van der Waals surface area contributed by atoms with Crippen molar-refractivity contribution >= 4 is 29.3 Å². The van der Waals surface area contributed by atoms with Crippen LogP contribution in [0.25, 0.3) is 11.0 Å². The van der Waals surface area contributed by atoms with E-state index >= 15 is 0 Å². The van der Waals surface area contributed by atoms with Crippen molar-refractivity contribution in [2.24, 2.45) is 0 Å². The van der Waals surface area contributed by atoms with Gasteiger partial charge in [-0.25, -0.2) is 0 Å². The molecule has 5 rings (SSSR count). The summed E-state index contributed by atoms with van der Waals surface area (Å²) in [6, 6.07) is 7.81. The standard InChI is InChI=1S/C20H23N5O2.ClH/c1-13-15-4-2-3-5-16(15)27-18(13)20(26)24-9-6-14(7-10-24)19-23-22-17-12-21-8-11-25(17)19;/h2-5,14,21H,6-12H2,1H3;1H. The molecule has 2 aliphatic rings. The van der Waals surface area contributed by atoms with Crippen molar-refractivity contribution in [3.05, 3.63) is 47.2 Å². The fourth-order valence-electron chi connectivity index (χ4n) is 4.28. The third-order valence-electron chi connectivity index (χ3n) is 5.84. The minimum Gasteiger partial charge on any atom is -0.451 e. The van der Waals surface area contributed by atoms with Gasteiger partial charge in [-0.15, -0.1) is 22.6 Å². The van der Waals surface area contributed by atoms with E-state index in [2.05, 4.69) is 20.1 Å². The molecule has 1 saturated heterocycles. The Morgan fingerprint density at radius 2 is 1.96 bits per heavy atom. The summed E-state index contributed by atoms with van der Waals surface area (Å²) < 4.78 is 8.11. The number of benzene rings is 1. The van der Waals surface area contributed by atoms with E-state index in [0.717, 1.165) is 73.7 Å². The summed E-state index contributed by atoms with van der Waals surface area (Å²) in [6.07, 6.45) is 1.83. The van der Waals surface area contributed by atoms with Crippen LogP contribution in [-0.2, 0) is 13.1 Å². The smallest absolute Gasteiger partial charge is 0.289 e. The molecule has 0 atom stereocenters. The highest BCUT2D eigenvalue weighted by molar-refractivity contribution is 5.98. The number of fused-ring (bicyclic) bond motifs is 2. The van der Waals surface area contributed by atoms with E-state index in [-0.39, 0.29) is 18.3 Å². The van der Waals surface area contributed by atoms with Gasteiger partial charge in [0.1, 0.15) is 17.2 Å². The quantitative estimate of drug-likeness (QED) is 0.714. The number of nitrogens with one attached hydrogen (secondary N) is 1. The molecule has 148 valence electrons. The van der Waals surface area contributed by atoms with Crippen molar-refractivity contribution in [2.75, 3.05) is 19.6 Å². The number of aromatic nitrogens is 3. The first-order valence-corrected chi connectivity index (χ1v) is 9.62. The molecule has 0 saturated carbocycles. The first-order chi connectivity index (χ1) is 13.2. The number of para-hydroxylation sites is 1. The summed E-state index contributed by atoms with van der Waals surface area (Å²) in [7, 11) is 0. The number of halogens is 1. The molecular weight excluding hydrogens is 378 g/mol. The number of likely N-dealkylation sites (tertiary alicyclic amines) is 1. The Hall–Kier alpha value is -2.38. The van der Waals surface area contributed by atoms with Crippen molar-refractivity contribution in [3.63, 3.8) is 0 Å². The molecule has 7 nitrogen and oxygen atoms in total. The third-order valence-corrected chi connectivity index (χ3v) is 5.84. The topological polar surface area (TPSA) is 76.2 Å². The van der Waals surface area contributed by atoms with Crippen molar-refractivity contribution in [3.8, 4) is 0 Å². The molecule has 1 amide bonds. The normalized spacial score (nSPS) is 17.4. The van der Waals surface area contributed by atoms with Crippen LogP contribution < -0.4 is 5.32 Å². The van der Waals surface area contributed by atoms with Crippen molar-refractivity contribution in [1.82, 2.24) is 25.0 Å². The maximum atomic E-state index is 13.0. The molecule has 28 heavy (non-hydrogen) atoms. The molecule has 0 aliphatic carbocycles. The van der Waals surface area contributed by atoms with Crippen LogP contribution in [0.15, 0.2) is 28.7 Å². The number of carbonyl (C=O) groups is 1. The average Bonchev–Trinajstić information content (AvgIpc) is 3.29. The number of hydrogen-bond acceptors (Lipinski definition) is 5. The lowest BCUT2D eigenvalue weighted by Gasteiger charge is -2.31. The van der Waals surface area contributed by atoms with Crippen LogP contribution in [0, 0.1) is 6.92 Å². The lowest BCUT2D eigenvalue weighted by molar-refractivity contribution is 0.0679. The van der Waals surface area contributed by atoms with E-state index in [1.54, 1.807) is 0 Å². The van der Waals surface area contributed by atoms with Crippen LogP contribution in [-0.4, -0.2) is 45.2 Å². The highest BCUT2D eigenvalue weighted by atomic mass is 35.5. The zero-order chi connectivity index (χ0) is 18.4. The molecule has 1 N–H and O–H groups in total. The van der Waals surface area contributed by atoms with Gasteiger partial charge < -0.3 is 19.2 Å². The van der Waals surface area contributed by atoms with E-state index < -0.39 is 0 Å². The minimum atomic E-state index is -0.00498. The zero-order valence-corrected chi connectivity index (χ0v) is 16.7. The first kappa shape index (κ1) is 19.0. The predicted molar refractivity (Wildman–Crippen MR) is 108 cm³/mol. The maximum Gasteiger partial charge on any atom is 0.289 e. The van der Waals surface area contributed by atoms with Gasteiger partial charge in [0.25, 0.3) is 5.91 Å². The van der Waals surface area contributed by atoms with Gasteiger partial charge >= 0.3 is 0 Å². The number of aryl methyl sites for hydroxylation is 1. The van der Waals surface area contributed by atoms with Gasteiger partial charge in [0.15, 0.2) is 5.76 Å². The summed E-state index contributed by atoms with van der Waals surface area (Å²) in [5.41, 5.74) is 1.70. The number of hydrogen-bond donors (Lipinski definition) is 1. The van der Waals surface area contributed by atoms with Gasteiger partial charge in [-0.2, -0.15) is 0 Å². The largest absolute Gasteiger partial charge is 0.451 e. The molecule has 0 radical (unpaired) electrons. The summed E-state index contributed by atoms with van der Waals surface area (Å²) in [5.74, 6) is 2.94. The molecule has 2 aromatic heterocycles. The highest BCUT2D eigenvalue weighted by Gasteiger charge is 2.31. The molecule has 1 aromatic carbocycles. The van der Waals surface area contributed by atoms with E-state index in [1.807, 2.05) is 36.1 Å². The number of piperidine rings is 1. The molecule has 0 bridgehead atoms. The van der Waals surface area contributed by atoms with Gasteiger partial charge in [0.05, 0.1) is 6.54 Å². The third kappa shape index (κ3) is 3.08. The lowest BCUT2D eigenvalue weighted by Crippen LogP contribution is -2.39. The Kier molecular flexibility index (Phi) is 5.12. The summed E-state index contributed by atoms with van der Waals surface area (Å²) in [4.78, 5) is 14.9. The molecule has 2 aliphatic heterocycles. The molecule has 4 heterocycles. The SMILES string of the molecule is Cc1c(C(=O)N2CCC(c3nnc4n3CCNC4)CC2)oc2ccccc12.Cl. The Bertz CT molecular complexity index is 1000. The Labute approximate surface area is 169 Å². The molecule has 3 aromatic rings. The fourth-order valence-corrected chi connectivity index (χ4v) is 4.28. The number of carbonyl (C=O) groups excluding carboxylic acids is 1. The molecule has 0 spiro atoms. The summed E-state index contributed by atoms with van der Waals surface area (Å²) >= 11 is 0. The van der Waals surface area contributed by atoms with E-state index in [4.69, 9.17) is 4.42 Å². The second-order valence-electron chi connectivity index (χ2n) is 7.42. The van der Waals surface area contributed by atoms with E-state index in [0.29, 0.717) is 11.7 Å². The van der Waals surface area contributed by atoms with Crippen LogP contribution in [0.2, 0.25) is 0 Å². The molecular formula is C20H24ClN5O2. The van der Waals surface area contributed by atoms with Crippen LogP contribution in [0.4, 0.5) is 0 Å². The Morgan fingerprint density at radius 3 is 2.75 bits per heavy atom. The number of nitrogens with zero attached hydrogens (tertiary/aromatic N) is 4. The lowest BCUT2D eigenvalue weighted by atomic mass is 9.95. The molecule has 8 heteroatoms. The molecule has 0 unspecified atom stereocenters. The van der Waals surface area contributed by atoms with Crippen LogP contribution in [0.3, 0.4) is 0 Å². The van der Waals surface area contributed by atoms with Crippen molar-refractivity contribution < 1.29 is 9.21 Å². The molecule has 1 fully saturated rings. The second-order valence-corrected chi connectivity index (χ2v) is 7.42. The van der Waals surface area contributed by atoms with Gasteiger partial charge in [-0.05, 0) is 25.8 Å². The minimum absolute atomic E-state index is 0. The van der Waals surface area contributed by atoms with Crippen molar-refractivity contribution in [2.45, 2.75) is 38.8 Å². The zero-order valence-electron chi connectivity index (χ0n) is 15.9. The van der Waals surface area contributed by atoms with Crippen molar-refractivity contribution in [1.29, 1.82) is 0 Å². The van der Waals surface area contributed by atoms with E-state index in [9.17, 15) is 4.79 Å². The van der Waals surface area contributed by atoms with Gasteiger partial charge in [0.2, 0.25) is 0 Å². The predicted octanol–water partition coefficient (Wildman–Crippen LogP) is 2.88. The monoisotopic (exact) mass is 401 g/mol. The number of rotatable bonds is 2. The summed E-state index contributed by atoms with van der Waals surface area (Å²) in [5, 5.41) is 13.1. The maximum absolute atomic E-state index is 13.0.